The maximum Gasteiger partial charge on any atom is 0.148 e. The fourth-order valence-corrected chi connectivity index (χ4v) is 2.44. The average Bonchev–Trinajstić information content (AvgIpc) is 3.02. The molecule has 2 aromatic heterocycles. The topological polar surface area (TPSA) is 74.5 Å². The number of nitrogens with two attached hydrogens (primary N) is 1. The Hall–Kier alpha value is -1.69. The molecule has 0 radical (unpaired) electrons. The second-order valence-corrected chi connectivity index (χ2v) is 4.43. The summed E-state index contributed by atoms with van der Waals surface area (Å²) < 4.78 is 3.92. The minimum Gasteiger partial charge on any atom is -0.326 e. The minimum absolute atomic E-state index is 0.548. The van der Waals surface area contributed by atoms with Crippen molar-refractivity contribution < 1.29 is 0 Å². The van der Waals surface area contributed by atoms with Crippen molar-refractivity contribution in [1.82, 2.24) is 24.5 Å². The lowest BCUT2D eigenvalue weighted by Gasteiger charge is -2.07. The molecule has 0 atom stereocenters. The molecule has 6 heteroatoms. The first-order chi connectivity index (χ1) is 9.24. The molecule has 0 spiro atoms. The molecule has 19 heavy (non-hydrogen) atoms. The Labute approximate surface area is 113 Å². The van der Waals surface area contributed by atoms with Crippen LogP contribution >= 0.6 is 0 Å². The van der Waals surface area contributed by atoms with Crippen LogP contribution in [0, 0.1) is 0 Å². The molecule has 0 aliphatic carbocycles. The lowest BCUT2D eigenvalue weighted by Crippen LogP contribution is -2.13. The van der Waals surface area contributed by atoms with Crippen molar-refractivity contribution >= 4 is 0 Å². The van der Waals surface area contributed by atoms with Crippen molar-refractivity contribution in [2.24, 2.45) is 5.73 Å². The molecule has 2 rings (SSSR count). The standard InChI is InChI=1S/C13H22N6/c1-4-11-10(7-14)12(5-2)19(17-11)8-13-15-9-16-18(13)6-3/h9H,4-8,14H2,1-3H3. The maximum atomic E-state index is 5.86. The Morgan fingerprint density at radius 3 is 2.53 bits per heavy atom. The molecule has 104 valence electrons. The monoisotopic (exact) mass is 262 g/mol. The number of rotatable bonds is 6. The van der Waals surface area contributed by atoms with E-state index in [4.69, 9.17) is 5.73 Å². The molecule has 2 N–H and O–H groups in total. The number of aromatic nitrogens is 5. The van der Waals surface area contributed by atoms with Gasteiger partial charge in [-0.3, -0.25) is 4.68 Å². The third-order valence-electron chi connectivity index (χ3n) is 3.41. The predicted molar refractivity (Wildman–Crippen MR) is 73.7 cm³/mol. The normalized spacial score (nSPS) is 11.2. The average molecular weight is 262 g/mol. The number of aryl methyl sites for hydroxylation is 2. The van der Waals surface area contributed by atoms with Gasteiger partial charge in [0, 0.05) is 24.3 Å². The van der Waals surface area contributed by atoms with E-state index in [0.29, 0.717) is 13.1 Å². The molecule has 0 fully saturated rings. The quantitative estimate of drug-likeness (QED) is 0.846. The summed E-state index contributed by atoms with van der Waals surface area (Å²) in [5.41, 5.74) is 9.36. The largest absolute Gasteiger partial charge is 0.326 e. The Morgan fingerprint density at radius 1 is 1.16 bits per heavy atom. The molecule has 0 bridgehead atoms. The van der Waals surface area contributed by atoms with Gasteiger partial charge in [0.25, 0.3) is 0 Å². The molecule has 0 aliphatic heterocycles. The van der Waals surface area contributed by atoms with E-state index in [9.17, 15) is 0 Å². The highest BCUT2D eigenvalue weighted by Crippen LogP contribution is 2.16. The van der Waals surface area contributed by atoms with Gasteiger partial charge in [-0.25, -0.2) is 9.67 Å². The summed E-state index contributed by atoms with van der Waals surface area (Å²) in [7, 11) is 0. The molecule has 2 heterocycles. The zero-order chi connectivity index (χ0) is 13.8. The van der Waals surface area contributed by atoms with E-state index in [1.807, 2.05) is 9.36 Å². The summed E-state index contributed by atoms with van der Waals surface area (Å²) in [6.45, 7) is 8.33. The Balaban J connectivity index is 2.37. The van der Waals surface area contributed by atoms with E-state index in [0.717, 1.165) is 30.9 Å². The van der Waals surface area contributed by atoms with Crippen LogP contribution in [0.3, 0.4) is 0 Å². The van der Waals surface area contributed by atoms with Crippen molar-refractivity contribution in [3.8, 4) is 0 Å². The molecule has 0 aromatic carbocycles. The minimum atomic E-state index is 0.548. The van der Waals surface area contributed by atoms with E-state index >= 15 is 0 Å². The van der Waals surface area contributed by atoms with Gasteiger partial charge in [-0.15, -0.1) is 0 Å². The molecule has 2 aromatic rings. The van der Waals surface area contributed by atoms with Crippen LogP contribution in [0.1, 0.15) is 43.5 Å². The van der Waals surface area contributed by atoms with Crippen molar-refractivity contribution in [2.45, 2.75) is 53.2 Å². The third-order valence-corrected chi connectivity index (χ3v) is 3.41. The van der Waals surface area contributed by atoms with Crippen LogP contribution in [-0.2, 0) is 32.5 Å². The first-order valence-electron chi connectivity index (χ1n) is 6.89. The van der Waals surface area contributed by atoms with Crippen molar-refractivity contribution in [3.05, 3.63) is 29.1 Å². The molecule has 0 amide bonds. The van der Waals surface area contributed by atoms with E-state index in [2.05, 4.69) is 36.0 Å². The van der Waals surface area contributed by atoms with Crippen LogP contribution < -0.4 is 5.73 Å². The number of hydrogen-bond donors (Lipinski definition) is 1. The highest BCUT2D eigenvalue weighted by Gasteiger charge is 2.15. The fraction of sp³-hybridized carbons (Fsp3) is 0.615. The van der Waals surface area contributed by atoms with Gasteiger partial charge in [0.15, 0.2) is 0 Å². The van der Waals surface area contributed by atoms with Gasteiger partial charge in [-0.2, -0.15) is 10.2 Å². The summed E-state index contributed by atoms with van der Waals surface area (Å²) in [6, 6.07) is 0. The SMILES string of the molecule is CCc1nn(Cc2ncnn2CC)c(CC)c1CN. The van der Waals surface area contributed by atoms with Gasteiger partial charge in [-0.05, 0) is 19.8 Å². The molecule has 0 saturated carbocycles. The Kier molecular flexibility index (Phi) is 4.31. The van der Waals surface area contributed by atoms with Crippen LogP contribution in [-0.4, -0.2) is 24.5 Å². The first kappa shape index (κ1) is 13.7. The smallest absolute Gasteiger partial charge is 0.148 e. The molecule has 0 unspecified atom stereocenters. The molecule has 0 saturated heterocycles. The fourth-order valence-electron chi connectivity index (χ4n) is 2.44. The molecule has 0 aliphatic rings. The zero-order valence-electron chi connectivity index (χ0n) is 11.9. The second-order valence-electron chi connectivity index (χ2n) is 4.43. The Bertz CT molecular complexity index is 539. The van der Waals surface area contributed by atoms with Crippen molar-refractivity contribution in [3.63, 3.8) is 0 Å². The third kappa shape index (κ3) is 2.53. The van der Waals surface area contributed by atoms with Gasteiger partial charge in [0.2, 0.25) is 0 Å². The van der Waals surface area contributed by atoms with Crippen LogP contribution in [0.4, 0.5) is 0 Å². The van der Waals surface area contributed by atoms with Gasteiger partial charge in [0.1, 0.15) is 18.7 Å². The van der Waals surface area contributed by atoms with E-state index < -0.39 is 0 Å². The lowest BCUT2D eigenvalue weighted by molar-refractivity contribution is 0.552. The first-order valence-corrected chi connectivity index (χ1v) is 6.89. The Morgan fingerprint density at radius 2 is 1.95 bits per heavy atom. The second kappa shape index (κ2) is 5.97. The van der Waals surface area contributed by atoms with Gasteiger partial charge in [0.05, 0.1) is 5.69 Å². The van der Waals surface area contributed by atoms with Crippen LogP contribution in [0.15, 0.2) is 6.33 Å². The van der Waals surface area contributed by atoms with Crippen LogP contribution in [0.25, 0.3) is 0 Å². The van der Waals surface area contributed by atoms with E-state index in [-0.39, 0.29) is 0 Å². The van der Waals surface area contributed by atoms with Gasteiger partial charge < -0.3 is 5.73 Å². The van der Waals surface area contributed by atoms with Gasteiger partial charge in [-0.1, -0.05) is 13.8 Å². The summed E-state index contributed by atoms with van der Waals surface area (Å²) in [5, 5.41) is 8.87. The lowest BCUT2D eigenvalue weighted by atomic mass is 10.1. The molecule has 6 nitrogen and oxygen atoms in total. The number of hydrogen-bond acceptors (Lipinski definition) is 4. The molecular formula is C13H22N6. The number of nitrogens with zero attached hydrogens (tertiary/aromatic N) is 5. The van der Waals surface area contributed by atoms with Gasteiger partial charge >= 0.3 is 0 Å². The maximum absolute atomic E-state index is 5.86. The summed E-state index contributed by atoms with van der Waals surface area (Å²) in [5.74, 6) is 0.936. The van der Waals surface area contributed by atoms with Crippen molar-refractivity contribution in [2.75, 3.05) is 0 Å². The van der Waals surface area contributed by atoms with E-state index in [1.54, 1.807) is 6.33 Å². The summed E-state index contributed by atoms with van der Waals surface area (Å²) in [6.07, 6.45) is 3.44. The van der Waals surface area contributed by atoms with Crippen LogP contribution in [0.5, 0.6) is 0 Å². The highest BCUT2D eigenvalue weighted by molar-refractivity contribution is 5.27. The van der Waals surface area contributed by atoms with E-state index in [1.165, 1.54) is 11.3 Å². The summed E-state index contributed by atoms with van der Waals surface area (Å²) in [4.78, 5) is 4.31. The van der Waals surface area contributed by atoms with Crippen LogP contribution in [0.2, 0.25) is 0 Å². The molecular weight excluding hydrogens is 240 g/mol. The predicted octanol–water partition coefficient (Wildman–Crippen LogP) is 1.13. The summed E-state index contributed by atoms with van der Waals surface area (Å²) >= 11 is 0. The highest BCUT2D eigenvalue weighted by atomic mass is 15.4. The zero-order valence-corrected chi connectivity index (χ0v) is 11.9. The van der Waals surface area contributed by atoms with Crippen molar-refractivity contribution in [1.29, 1.82) is 0 Å².